The van der Waals surface area contributed by atoms with Crippen LogP contribution in [0.4, 0.5) is 0 Å². The zero-order chi connectivity index (χ0) is 13.4. The maximum absolute atomic E-state index is 12.1. The van der Waals surface area contributed by atoms with Crippen LogP contribution in [0.2, 0.25) is 0 Å². The Hall–Kier alpha value is -1.14. The van der Waals surface area contributed by atoms with Gasteiger partial charge in [0.2, 0.25) is 11.8 Å². The summed E-state index contributed by atoms with van der Waals surface area (Å²) in [6, 6.07) is 0. The molecule has 0 unspecified atom stereocenters. The fourth-order valence-corrected chi connectivity index (χ4v) is 1.98. The largest absolute Gasteiger partial charge is 0.358 e. The predicted octanol–water partition coefficient (Wildman–Crippen LogP) is -1.12. The van der Waals surface area contributed by atoms with Gasteiger partial charge in [0.25, 0.3) is 0 Å². The van der Waals surface area contributed by atoms with Crippen molar-refractivity contribution in [2.45, 2.75) is 13.3 Å². The van der Waals surface area contributed by atoms with E-state index in [-0.39, 0.29) is 18.4 Å². The Morgan fingerprint density at radius 1 is 1.33 bits per heavy atom. The van der Waals surface area contributed by atoms with E-state index >= 15 is 0 Å². The summed E-state index contributed by atoms with van der Waals surface area (Å²) in [5, 5.41) is 5.85. The molecule has 1 aliphatic rings. The Balaban J connectivity index is 2.42. The molecule has 1 aliphatic heterocycles. The zero-order valence-corrected chi connectivity index (χ0v) is 11.4. The molecule has 18 heavy (non-hydrogen) atoms. The quantitative estimate of drug-likeness (QED) is 0.654. The number of amides is 2. The maximum Gasteiger partial charge on any atom is 0.239 e. The van der Waals surface area contributed by atoms with Crippen LogP contribution in [-0.2, 0) is 9.59 Å². The number of carbonyl (C=O) groups is 2. The molecular formula is C12H24N4O2. The van der Waals surface area contributed by atoms with Gasteiger partial charge in [-0.2, -0.15) is 0 Å². The first-order valence-electron chi connectivity index (χ1n) is 6.58. The molecule has 0 radical (unpaired) electrons. The van der Waals surface area contributed by atoms with E-state index in [1.54, 1.807) is 11.9 Å². The van der Waals surface area contributed by atoms with Gasteiger partial charge >= 0.3 is 0 Å². The maximum atomic E-state index is 12.1. The summed E-state index contributed by atoms with van der Waals surface area (Å²) < 4.78 is 0. The molecule has 0 atom stereocenters. The van der Waals surface area contributed by atoms with Crippen molar-refractivity contribution >= 4 is 11.8 Å². The minimum absolute atomic E-state index is 0.0306. The van der Waals surface area contributed by atoms with Crippen LogP contribution in [0.3, 0.4) is 0 Å². The lowest BCUT2D eigenvalue weighted by Crippen LogP contribution is -2.45. The van der Waals surface area contributed by atoms with E-state index in [1.165, 1.54) is 0 Å². The van der Waals surface area contributed by atoms with Crippen molar-refractivity contribution in [3.63, 3.8) is 0 Å². The fourth-order valence-electron chi connectivity index (χ4n) is 1.98. The Morgan fingerprint density at radius 3 is 2.78 bits per heavy atom. The third-order valence-corrected chi connectivity index (χ3v) is 3.14. The molecule has 0 aromatic heterocycles. The van der Waals surface area contributed by atoms with Gasteiger partial charge in [-0.05, 0) is 26.4 Å². The summed E-state index contributed by atoms with van der Waals surface area (Å²) in [4.78, 5) is 27.1. The summed E-state index contributed by atoms with van der Waals surface area (Å²) in [6.07, 6.45) is 1.06. The molecule has 0 aromatic carbocycles. The van der Waals surface area contributed by atoms with Gasteiger partial charge in [0.05, 0.1) is 13.1 Å². The van der Waals surface area contributed by atoms with Crippen LogP contribution in [0.1, 0.15) is 13.3 Å². The molecule has 2 N–H and O–H groups in total. The monoisotopic (exact) mass is 256 g/mol. The van der Waals surface area contributed by atoms with Crippen LogP contribution in [0, 0.1) is 0 Å². The van der Waals surface area contributed by atoms with Crippen LogP contribution >= 0.6 is 0 Å². The third-order valence-electron chi connectivity index (χ3n) is 3.14. The minimum atomic E-state index is -0.122. The van der Waals surface area contributed by atoms with Gasteiger partial charge in [-0.15, -0.1) is 0 Å². The first kappa shape index (κ1) is 14.9. The zero-order valence-electron chi connectivity index (χ0n) is 11.4. The molecule has 0 aromatic rings. The SMILES string of the molecule is CCN(CC(=O)NC)C(=O)CN1CCCNCC1. The number of nitrogens with one attached hydrogen (secondary N) is 2. The van der Waals surface area contributed by atoms with E-state index < -0.39 is 0 Å². The summed E-state index contributed by atoms with van der Waals surface area (Å²) in [6.45, 7) is 6.79. The summed E-state index contributed by atoms with van der Waals surface area (Å²) in [5.74, 6) is -0.0919. The molecule has 6 nitrogen and oxygen atoms in total. The van der Waals surface area contributed by atoms with E-state index in [2.05, 4.69) is 15.5 Å². The molecule has 0 spiro atoms. The second kappa shape index (κ2) is 8.05. The van der Waals surface area contributed by atoms with Gasteiger partial charge in [0.1, 0.15) is 0 Å². The average molecular weight is 256 g/mol. The Kier molecular flexibility index (Phi) is 6.67. The van der Waals surface area contributed by atoms with Crippen LogP contribution in [0.15, 0.2) is 0 Å². The van der Waals surface area contributed by atoms with Crippen molar-refractivity contribution in [2.24, 2.45) is 0 Å². The van der Waals surface area contributed by atoms with Crippen molar-refractivity contribution in [3.05, 3.63) is 0 Å². The van der Waals surface area contributed by atoms with Crippen LogP contribution in [0.25, 0.3) is 0 Å². The highest BCUT2D eigenvalue weighted by Crippen LogP contribution is 1.98. The Morgan fingerprint density at radius 2 is 2.11 bits per heavy atom. The lowest BCUT2D eigenvalue weighted by molar-refractivity contribution is -0.136. The number of likely N-dealkylation sites (N-methyl/N-ethyl adjacent to an activating group) is 2. The molecule has 104 valence electrons. The van der Waals surface area contributed by atoms with E-state index in [0.717, 1.165) is 32.6 Å². The van der Waals surface area contributed by atoms with Crippen molar-refractivity contribution in [3.8, 4) is 0 Å². The van der Waals surface area contributed by atoms with Gasteiger partial charge in [0, 0.05) is 26.7 Å². The third kappa shape index (κ3) is 5.01. The van der Waals surface area contributed by atoms with Crippen LogP contribution < -0.4 is 10.6 Å². The van der Waals surface area contributed by atoms with Crippen LogP contribution in [-0.4, -0.2) is 74.5 Å². The van der Waals surface area contributed by atoms with Crippen molar-refractivity contribution in [1.29, 1.82) is 0 Å². The van der Waals surface area contributed by atoms with Gasteiger partial charge in [0.15, 0.2) is 0 Å². The molecule has 6 heteroatoms. The van der Waals surface area contributed by atoms with E-state index in [0.29, 0.717) is 13.1 Å². The number of hydrogen-bond donors (Lipinski definition) is 2. The lowest BCUT2D eigenvalue weighted by atomic mass is 10.3. The summed E-state index contributed by atoms with van der Waals surface area (Å²) >= 11 is 0. The van der Waals surface area contributed by atoms with Gasteiger partial charge in [-0.1, -0.05) is 0 Å². The lowest BCUT2D eigenvalue weighted by Gasteiger charge is -2.25. The molecule has 0 aliphatic carbocycles. The second-order valence-electron chi connectivity index (χ2n) is 4.46. The van der Waals surface area contributed by atoms with E-state index in [1.807, 2.05) is 6.92 Å². The Bertz CT molecular complexity index is 275. The standard InChI is InChI=1S/C12H24N4O2/c1-3-16(9-11(17)13-2)12(18)10-15-7-4-5-14-6-8-15/h14H,3-10H2,1-2H3,(H,13,17). The van der Waals surface area contributed by atoms with Crippen molar-refractivity contribution in [1.82, 2.24) is 20.4 Å². The first-order valence-corrected chi connectivity index (χ1v) is 6.58. The average Bonchev–Trinajstić information content (AvgIpc) is 2.64. The molecule has 0 bridgehead atoms. The summed E-state index contributed by atoms with van der Waals surface area (Å²) in [5.41, 5.74) is 0. The highest BCUT2D eigenvalue weighted by molar-refractivity contribution is 5.85. The second-order valence-corrected chi connectivity index (χ2v) is 4.46. The highest BCUT2D eigenvalue weighted by Gasteiger charge is 2.18. The normalized spacial score (nSPS) is 17.0. The smallest absolute Gasteiger partial charge is 0.239 e. The van der Waals surface area contributed by atoms with Crippen LogP contribution in [0.5, 0.6) is 0 Å². The van der Waals surface area contributed by atoms with E-state index in [4.69, 9.17) is 0 Å². The van der Waals surface area contributed by atoms with Gasteiger partial charge in [-0.3, -0.25) is 14.5 Å². The number of hydrogen-bond acceptors (Lipinski definition) is 4. The van der Waals surface area contributed by atoms with Crippen molar-refractivity contribution in [2.75, 3.05) is 52.9 Å². The van der Waals surface area contributed by atoms with Gasteiger partial charge in [-0.25, -0.2) is 0 Å². The minimum Gasteiger partial charge on any atom is -0.358 e. The fraction of sp³-hybridized carbons (Fsp3) is 0.833. The van der Waals surface area contributed by atoms with Crippen molar-refractivity contribution < 1.29 is 9.59 Å². The van der Waals surface area contributed by atoms with E-state index in [9.17, 15) is 9.59 Å². The first-order chi connectivity index (χ1) is 8.67. The molecule has 1 saturated heterocycles. The number of carbonyl (C=O) groups excluding carboxylic acids is 2. The molecule has 2 amide bonds. The molecular weight excluding hydrogens is 232 g/mol. The molecule has 0 saturated carbocycles. The topological polar surface area (TPSA) is 64.7 Å². The highest BCUT2D eigenvalue weighted by atomic mass is 16.2. The summed E-state index contributed by atoms with van der Waals surface area (Å²) in [7, 11) is 1.58. The number of rotatable bonds is 5. The molecule has 1 fully saturated rings. The van der Waals surface area contributed by atoms with Gasteiger partial charge < -0.3 is 15.5 Å². The number of nitrogens with zero attached hydrogens (tertiary/aromatic N) is 2. The molecule has 1 rings (SSSR count). The predicted molar refractivity (Wildman–Crippen MR) is 70.2 cm³/mol. The Labute approximate surface area is 109 Å². The molecule has 1 heterocycles.